The number of carbonyl (C=O) groups is 1. The van der Waals surface area contributed by atoms with Crippen molar-refractivity contribution in [2.75, 3.05) is 22.5 Å². The average molecular weight is 417 g/mol. The second-order valence-corrected chi connectivity index (χ2v) is 8.72. The topological polar surface area (TPSA) is 75.7 Å². The third-order valence-electron chi connectivity index (χ3n) is 4.56. The number of hydrogen-bond donors (Lipinski definition) is 1. The van der Waals surface area contributed by atoms with Crippen molar-refractivity contribution in [1.29, 1.82) is 0 Å². The summed E-state index contributed by atoms with van der Waals surface area (Å²) in [5, 5.41) is 2.80. The molecule has 0 bridgehead atoms. The fourth-order valence-corrected chi connectivity index (χ4v) is 4.14. The van der Waals surface area contributed by atoms with Crippen molar-refractivity contribution in [2.45, 2.75) is 33.2 Å². The fourth-order valence-electron chi connectivity index (χ4n) is 2.94. The molecule has 0 aromatic heterocycles. The molecule has 0 heterocycles. The molecule has 156 valence electrons. The lowest BCUT2D eigenvalue weighted by Crippen LogP contribution is -2.47. The molecule has 0 radical (unpaired) electrons. The van der Waals surface area contributed by atoms with Crippen molar-refractivity contribution in [1.82, 2.24) is 0 Å². The standard InChI is InChI=1S/C22H28N2O4S/c1-6-14-28-20-12-9-18(10-13-20)23-22(25)21(7-2)24(29(5,26)27)19-11-8-16(3)17(4)15-19/h6,8-13,15,21H,1,7,14H2,2-5H3,(H,23,25)/t21-/m1/s1. The molecule has 29 heavy (non-hydrogen) atoms. The van der Waals surface area contributed by atoms with Crippen LogP contribution in [0.15, 0.2) is 55.1 Å². The molecule has 1 N–H and O–H groups in total. The van der Waals surface area contributed by atoms with E-state index in [1.807, 2.05) is 19.9 Å². The van der Waals surface area contributed by atoms with E-state index in [1.165, 1.54) is 4.31 Å². The van der Waals surface area contributed by atoms with Crippen molar-refractivity contribution >= 4 is 27.3 Å². The zero-order chi connectivity index (χ0) is 21.6. The monoisotopic (exact) mass is 416 g/mol. The minimum absolute atomic E-state index is 0.326. The Balaban J connectivity index is 2.28. The summed E-state index contributed by atoms with van der Waals surface area (Å²) in [6.45, 7) is 9.64. The highest BCUT2D eigenvalue weighted by Gasteiger charge is 2.31. The number of nitrogens with one attached hydrogen (secondary N) is 1. The number of amides is 1. The van der Waals surface area contributed by atoms with Crippen LogP contribution in [0.2, 0.25) is 0 Å². The van der Waals surface area contributed by atoms with E-state index in [0.29, 0.717) is 30.2 Å². The molecule has 0 aliphatic rings. The fraction of sp³-hybridized carbons (Fsp3) is 0.318. The van der Waals surface area contributed by atoms with E-state index in [2.05, 4.69) is 11.9 Å². The van der Waals surface area contributed by atoms with Gasteiger partial charge in [-0.05, 0) is 67.8 Å². The number of carbonyl (C=O) groups excluding carboxylic acids is 1. The molecule has 0 saturated carbocycles. The van der Waals surface area contributed by atoms with Crippen LogP contribution in [0.5, 0.6) is 5.75 Å². The molecule has 0 aliphatic heterocycles. The Labute approximate surface area is 173 Å². The van der Waals surface area contributed by atoms with Crippen LogP contribution < -0.4 is 14.4 Å². The average Bonchev–Trinajstić information content (AvgIpc) is 2.66. The van der Waals surface area contributed by atoms with Crippen LogP contribution in [0.25, 0.3) is 0 Å². The molecule has 0 spiro atoms. The van der Waals surface area contributed by atoms with E-state index in [0.717, 1.165) is 17.4 Å². The Morgan fingerprint density at radius 1 is 1.17 bits per heavy atom. The van der Waals surface area contributed by atoms with Gasteiger partial charge in [0.1, 0.15) is 18.4 Å². The number of hydrogen-bond acceptors (Lipinski definition) is 4. The second kappa shape index (κ2) is 9.60. The van der Waals surface area contributed by atoms with E-state index in [4.69, 9.17) is 4.74 Å². The van der Waals surface area contributed by atoms with E-state index in [-0.39, 0.29) is 0 Å². The smallest absolute Gasteiger partial charge is 0.248 e. The van der Waals surface area contributed by atoms with Crippen LogP contribution >= 0.6 is 0 Å². The van der Waals surface area contributed by atoms with Crippen LogP contribution in [0, 0.1) is 13.8 Å². The summed E-state index contributed by atoms with van der Waals surface area (Å²) < 4.78 is 31.7. The molecule has 1 atom stereocenters. The maximum Gasteiger partial charge on any atom is 0.248 e. The molecule has 7 heteroatoms. The minimum Gasteiger partial charge on any atom is -0.490 e. The van der Waals surface area contributed by atoms with Gasteiger partial charge in [0.2, 0.25) is 15.9 Å². The number of aryl methyl sites for hydroxylation is 2. The molecule has 0 aliphatic carbocycles. The molecule has 2 rings (SSSR count). The quantitative estimate of drug-likeness (QED) is 0.626. The first-order chi connectivity index (χ1) is 13.7. The molecule has 0 saturated heterocycles. The second-order valence-electron chi connectivity index (χ2n) is 6.86. The van der Waals surface area contributed by atoms with Gasteiger partial charge in [-0.3, -0.25) is 9.10 Å². The molecule has 2 aromatic carbocycles. The summed E-state index contributed by atoms with van der Waals surface area (Å²) >= 11 is 0. The van der Waals surface area contributed by atoms with E-state index < -0.39 is 22.0 Å². The molecule has 0 unspecified atom stereocenters. The Morgan fingerprint density at radius 2 is 1.83 bits per heavy atom. The van der Waals surface area contributed by atoms with Crippen molar-refractivity contribution in [2.24, 2.45) is 0 Å². The summed E-state index contributed by atoms with van der Waals surface area (Å²) in [4.78, 5) is 13.0. The highest BCUT2D eigenvalue weighted by Crippen LogP contribution is 2.26. The van der Waals surface area contributed by atoms with Crippen LogP contribution in [0.4, 0.5) is 11.4 Å². The zero-order valence-electron chi connectivity index (χ0n) is 17.3. The van der Waals surface area contributed by atoms with E-state index >= 15 is 0 Å². The van der Waals surface area contributed by atoms with Crippen molar-refractivity contribution < 1.29 is 17.9 Å². The van der Waals surface area contributed by atoms with Gasteiger partial charge >= 0.3 is 0 Å². The molecule has 1 amide bonds. The lowest BCUT2D eigenvalue weighted by molar-refractivity contribution is -0.117. The van der Waals surface area contributed by atoms with Crippen LogP contribution in [-0.2, 0) is 14.8 Å². The highest BCUT2D eigenvalue weighted by molar-refractivity contribution is 7.92. The first-order valence-corrected chi connectivity index (χ1v) is 11.2. The summed E-state index contributed by atoms with van der Waals surface area (Å²) in [6, 6.07) is 11.4. The number of sulfonamides is 1. The van der Waals surface area contributed by atoms with Gasteiger partial charge in [0.15, 0.2) is 0 Å². The third-order valence-corrected chi connectivity index (χ3v) is 5.74. The number of nitrogens with zero attached hydrogens (tertiary/aromatic N) is 1. The van der Waals surface area contributed by atoms with Crippen LogP contribution in [-0.4, -0.2) is 33.2 Å². The van der Waals surface area contributed by atoms with Gasteiger partial charge in [0.25, 0.3) is 0 Å². The number of rotatable bonds is 9. The van der Waals surface area contributed by atoms with E-state index in [9.17, 15) is 13.2 Å². The minimum atomic E-state index is -3.67. The van der Waals surface area contributed by atoms with Gasteiger partial charge in [-0.1, -0.05) is 25.6 Å². The van der Waals surface area contributed by atoms with E-state index in [1.54, 1.807) is 49.4 Å². The summed E-state index contributed by atoms with van der Waals surface area (Å²) in [5.41, 5.74) is 3.05. The Hall–Kier alpha value is -2.80. The molecule has 0 fully saturated rings. The van der Waals surface area contributed by atoms with Crippen LogP contribution in [0.1, 0.15) is 24.5 Å². The van der Waals surface area contributed by atoms with Gasteiger partial charge in [-0.15, -0.1) is 0 Å². The van der Waals surface area contributed by atoms with Crippen molar-refractivity contribution in [3.63, 3.8) is 0 Å². The summed E-state index contributed by atoms with van der Waals surface area (Å²) in [7, 11) is -3.67. The largest absolute Gasteiger partial charge is 0.490 e. The molecular formula is C22H28N2O4S. The lowest BCUT2D eigenvalue weighted by atomic mass is 10.1. The number of ether oxygens (including phenoxy) is 1. The maximum atomic E-state index is 13.0. The molecule has 6 nitrogen and oxygen atoms in total. The highest BCUT2D eigenvalue weighted by atomic mass is 32.2. The number of benzene rings is 2. The lowest BCUT2D eigenvalue weighted by Gasteiger charge is -2.30. The van der Waals surface area contributed by atoms with Gasteiger partial charge in [0.05, 0.1) is 11.9 Å². The van der Waals surface area contributed by atoms with Crippen molar-refractivity contribution in [3.8, 4) is 5.75 Å². The predicted molar refractivity (Wildman–Crippen MR) is 118 cm³/mol. The van der Waals surface area contributed by atoms with Gasteiger partial charge in [0, 0.05) is 5.69 Å². The van der Waals surface area contributed by atoms with Crippen LogP contribution in [0.3, 0.4) is 0 Å². The third kappa shape index (κ3) is 5.84. The predicted octanol–water partition coefficient (Wildman–Crippen LogP) is 4.05. The maximum absolute atomic E-state index is 13.0. The van der Waals surface area contributed by atoms with Gasteiger partial charge < -0.3 is 10.1 Å². The SMILES string of the molecule is C=CCOc1ccc(NC(=O)[C@@H](CC)N(c2ccc(C)c(C)c2)S(C)(=O)=O)cc1. The Morgan fingerprint density at radius 3 is 2.34 bits per heavy atom. The Bertz CT molecular complexity index is 969. The normalized spacial score (nSPS) is 12.1. The van der Waals surface area contributed by atoms with Crippen molar-refractivity contribution in [3.05, 3.63) is 66.2 Å². The Kier molecular flexibility index (Phi) is 7.45. The summed E-state index contributed by atoms with van der Waals surface area (Å²) in [6.07, 6.45) is 3.09. The molecule has 2 aromatic rings. The zero-order valence-corrected chi connectivity index (χ0v) is 18.1. The first kappa shape index (κ1) is 22.5. The van der Waals surface area contributed by atoms with Gasteiger partial charge in [-0.2, -0.15) is 0 Å². The summed E-state index contributed by atoms with van der Waals surface area (Å²) in [5.74, 6) is 0.263. The van der Waals surface area contributed by atoms with Gasteiger partial charge in [-0.25, -0.2) is 8.42 Å². The number of anilines is 2. The molecular weight excluding hydrogens is 388 g/mol. The first-order valence-electron chi connectivity index (χ1n) is 9.38.